The van der Waals surface area contributed by atoms with Crippen LogP contribution in [0.5, 0.6) is 23.0 Å². The van der Waals surface area contributed by atoms with Gasteiger partial charge in [0.25, 0.3) is 11.7 Å². The Balaban J connectivity index is 2.26. The van der Waals surface area contributed by atoms with Crippen molar-refractivity contribution >= 4 is 17.4 Å². The van der Waals surface area contributed by atoms with Crippen molar-refractivity contribution in [2.45, 2.75) is 13.0 Å². The average Bonchev–Trinajstić information content (AvgIpc) is 3.10. The summed E-state index contributed by atoms with van der Waals surface area (Å²) in [4.78, 5) is 27.5. The first kappa shape index (κ1) is 24.9. The molecule has 0 saturated carbocycles. The van der Waals surface area contributed by atoms with Crippen LogP contribution in [-0.2, 0) is 14.3 Å². The van der Waals surface area contributed by atoms with Crippen LogP contribution in [-0.4, -0.2) is 70.4 Å². The first-order valence-electron chi connectivity index (χ1n) is 10.5. The number of benzene rings is 2. The van der Waals surface area contributed by atoms with E-state index in [2.05, 4.69) is 0 Å². The Kier molecular flexibility index (Phi) is 7.68. The Bertz CT molecular complexity index is 1100. The fourth-order valence-corrected chi connectivity index (χ4v) is 4.09. The third-order valence-corrected chi connectivity index (χ3v) is 5.75. The van der Waals surface area contributed by atoms with Crippen molar-refractivity contribution in [1.82, 2.24) is 4.90 Å². The van der Waals surface area contributed by atoms with Crippen LogP contribution in [0.4, 0.5) is 0 Å². The quantitative estimate of drug-likeness (QED) is 0.338. The molecule has 1 fully saturated rings. The van der Waals surface area contributed by atoms with E-state index in [1.807, 2.05) is 6.92 Å². The van der Waals surface area contributed by atoms with Crippen LogP contribution in [0.25, 0.3) is 5.76 Å². The van der Waals surface area contributed by atoms with Crippen LogP contribution in [0.1, 0.15) is 22.7 Å². The third-order valence-electron chi connectivity index (χ3n) is 5.75. The molecule has 2 aromatic rings. The number of aliphatic hydroxyl groups excluding tert-OH is 1. The fourth-order valence-electron chi connectivity index (χ4n) is 4.09. The van der Waals surface area contributed by atoms with Gasteiger partial charge in [-0.15, -0.1) is 0 Å². The molecule has 0 radical (unpaired) electrons. The number of carbonyl (C=O) groups is 2. The maximum atomic E-state index is 13.2. The first-order chi connectivity index (χ1) is 16.3. The van der Waals surface area contributed by atoms with Crippen molar-refractivity contribution in [3.05, 3.63) is 52.6 Å². The number of hydrogen-bond donors (Lipinski definition) is 1. The van der Waals surface area contributed by atoms with Crippen LogP contribution >= 0.6 is 0 Å². The lowest BCUT2D eigenvalue weighted by atomic mass is 9.94. The standard InChI is InChI=1S/C25H29NO8/c1-14-11-15(7-8-17(14)31-3)22(27)20-21(26(9-10-30-2)25(29)23(20)28)16-12-18(32-4)24(34-6)19(13-16)33-5/h7-8,11-13,21,27H,9-10H2,1-6H3. The zero-order chi connectivity index (χ0) is 25.0. The number of amides is 1. The van der Waals surface area contributed by atoms with E-state index < -0.39 is 17.7 Å². The van der Waals surface area contributed by atoms with Gasteiger partial charge in [0.05, 0.1) is 46.7 Å². The normalized spacial score (nSPS) is 17.1. The third kappa shape index (κ3) is 4.38. The van der Waals surface area contributed by atoms with Gasteiger partial charge in [0.1, 0.15) is 11.5 Å². The molecule has 1 atom stereocenters. The van der Waals surface area contributed by atoms with E-state index in [0.717, 1.165) is 5.56 Å². The SMILES string of the molecule is COCCN1C(=O)C(=O)C(=C(O)c2ccc(OC)c(C)c2)C1c1cc(OC)c(OC)c(OC)c1. The monoisotopic (exact) mass is 471 g/mol. The maximum absolute atomic E-state index is 13.2. The molecule has 1 aliphatic rings. The Labute approximate surface area is 198 Å². The molecule has 0 bridgehead atoms. The molecule has 1 aliphatic heterocycles. The second-order valence-electron chi connectivity index (χ2n) is 7.63. The van der Waals surface area contributed by atoms with Crippen LogP contribution < -0.4 is 18.9 Å². The number of likely N-dealkylation sites (tertiary alicyclic amines) is 1. The minimum Gasteiger partial charge on any atom is -0.507 e. The molecule has 34 heavy (non-hydrogen) atoms. The van der Waals surface area contributed by atoms with E-state index in [9.17, 15) is 14.7 Å². The highest BCUT2D eigenvalue weighted by molar-refractivity contribution is 6.46. The van der Waals surface area contributed by atoms with E-state index >= 15 is 0 Å². The van der Waals surface area contributed by atoms with Gasteiger partial charge < -0.3 is 33.7 Å². The van der Waals surface area contributed by atoms with Crippen LogP contribution in [0.15, 0.2) is 35.9 Å². The molecule has 1 N–H and O–H groups in total. The maximum Gasteiger partial charge on any atom is 0.295 e. The summed E-state index contributed by atoms with van der Waals surface area (Å²) in [7, 11) is 7.49. The number of carbonyl (C=O) groups excluding carboxylic acids is 2. The van der Waals surface area contributed by atoms with E-state index in [1.165, 1.54) is 33.3 Å². The highest BCUT2D eigenvalue weighted by atomic mass is 16.5. The van der Waals surface area contributed by atoms with Crippen LogP contribution in [0.2, 0.25) is 0 Å². The van der Waals surface area contributed by atoms with Gasteiger partial charge in [-0.2, -0.15) is 0 Å². The van der Waals surface area contributed by atoms with E-state index in [4.69, 9.17) is 23.7 Å². The molecule has 1 saturated heterocycles. The summed E-state index contributed by atoms with van der Waals surface area (Å²) in [5.41, 5.74) is 1.63. The number of Topliss-reactive ketones (excluding diaryl/α,β-unsaturated/α-hetero) is 1. The lowest BCUT2D eigenvalue weighted by molar-refractivity contribution is -0.140. The Morgan fingerprint density at radius 2 is 1.53 bits per heavy atom. The highest BCUT2D eigenvalue weighted by Gasteiger charge is 2.46. The van der Waals surface area contributed by atoms with Gasteiger partial charge in [0.15, 0.2) is 11.5 Å². The lowest BCUT2D eigenvalue weighted by Gasteiger charge is -2.26. The summed E-state index contributed by atoms with van der Waals surface area (Å²) >= 11 is 0. The number of hydrogen-bond acceptors (Lipinski definition) is 8. The molecular formula is C25H29NO8. The zero-order valence-corrected chi connectivity index (χ0v) is 20.1. The van der Waals surface area contributed by atoms with Gasteiger partial charge in [-0.1, -0.05) is 0 Å². The molecule has 2 aromatic carbocycles. The molecule has 1 unspecified atom stereocenters. The van der Waals surface area contributed by atoms with E-state index in [0.29, 0.717) is 34.1 Å². The summed E-state index contributed by atoms with van der Waals surface area (Å²) in [6.45, 7) is 2.17. The molecule has 0 aliphatic carbocycles. The molecule has 9 heteroatoms. The van der Waals surface area contributed by atoms with Gasteiger partial charge in [0, 0.05) is 19.2 Å². The predicted molar refractivity (Wildman–Crippen MR) is 125 cm³/mol. The Hall–Kier alpha value is -3.72. The Morgan fingerprint density at radius 1 is 0.912 bits per heavy atom. The summed E-state index contributed by atoms with van der Waals surface area (Å²) in [6.07, 6.45) is 0. The van der Waals surface area contributed by atoms with E-state index in [1.54, 1.807) is 37.4 Å². The highest BCUT2D eigenvalue weighted by Crippen LogP contribution is 2.45. The number of methoxy groups -OCH3 is 5. The molecule has 182 valence electrons. The average molecular weight is 472 g/mol. The van der Waals surface area contributed by atoms with Crippen molar-refractivity contribution in [1.29, 1.82) is 0 Å². The molecule has 0 spiro atoms. The zero-order valence-electron chi connectivity index (χ0n) is 20.1. The molecular weight excluding hydrogens is 442 g/mol. The van der Waals surface area contributed by atoms with Gasteiger partial charge in [-0.3, -0.25) is 9.59 Å². The topological polar surface area (TPSA) is 104 Å². The smallest absolute Gasteiger partial charge is 0.295 e. The number of aliphatic hydroxyl groups is 1. The van der Waals surface area contributed by atoms with Gasteiger partial charge in [0.2, 0.25) is 5.75 Å². The van der Waals surface area contributed by atoms with Crippen molar-refractivity contribution in [3.8, 4) is 23.0 Å². The predicted octanol–water partition coefficient (Wildman–Crippen LogP) is 3.10. The molecule has 0 aromatic heterocycles. The minimum absolute atomic E-state index is 0.0417. The fraction of sp³-hybridized carbons (Fsp3) is 0.360. The second kappa shape index (κ2) is 10.5. The first-order valence-corrected chi connectivity index (χ1v) is 10.5. The van der Waals surface area contributed by atoms with Gasteiger partial charge in [-0.25, -0.2) is 0 Å². The van der Waals surface area contributed by atoms with Gasteiger partial charge >= 0.3 is 0 Å². The number of ketones is 1. The minimum atomic E-state index is -0.897. The second-order valence-corrected chi connectivity index (χ2v) is 7.63. The van der Waals surface area contributed by atoms with Crippen molar-refractivity contribution in [2.75, 3.05) is 48.7 Å². The molecule has 1 heterocycles. The summed E-state index contributed by atoms with van der Waals surface area (Å²) < 4.78 is 26.8. The Morgan fingerprint density at radius 3 is 2.03 bits per heavy atom. The summed E-state index contributed by atoms with van der Waals surface area (Å²) in [6, 6.07) is 7.44. The summed E-state index contributed by atoms with van der Waals surface area (Å²) in [5.74, 6) is -0.0956. The number of aryl methyl sites for hydroxylation is 1. The van der Waals surface area contributed by atoms with Gasteiger partial charge in [-0.05, 0) is 48.4 Å². The molecule has 3 rings (SSSR count). The largest absolute Gasteiger partial charge is 0.507 e. The number of ether oxygens (including phenoxy) is 5. The number of rotatable bonds is 9. The van der Waals surface area contributed by atoms with Crippen molar-refractivity contribution in [3.63, 3.8) is 0 Å². The summed E-state index contributed by atoms with van der Waals surface area (Å²) in [5, 5.41) is 11.2. The molecule has 9 nitrogen and oxygen atoms in total. The lowest BCUT2D eigenvalue weighted by Crippen LogP contribution is -2.32. The van der Waals surface area contributed by atoms with Crippen molar-refractivity contribution in [2.24, 2.45) is 0 Å². The van der Waals surface area contributed by atoms with Crippen LogP contribution in [0, 0.1) is 6.92 Å². The molecule has 1 amide bonds. The van der Waals surface area contributed by atoms with Crippen molar-refractivity contribution < 1.29 is 38.4 Å². The van der Waals surface area contributed by atoms with E-state index in [-0.39, 0.29) is 24.5 Å². The number of nitrogens with zero attached hydrogens (tertiary/aromatic N) is 1. The van der Waals surface area contributed by atoms with Crippen LogP contribution in [0.3, 0.4) is 0 Å².